The van der Waals surface area contributed by atoms with Gasteiger partial charge in [-0.1, -0.05) is 0 Å². The molecule has 13 heavy (non-hydrogen) atoms. The maximum absolute atomic E-state index is 11.1. The monoisotopic (exact) mass is 267 g/mol. The molecule has 0 aliphatic heterocycles. The van der Waals surface area contributed by atoms with Crippen LogP contribution in [0.15, 0.2) is 0 Å². The molecule has 0 saturated heterocycles. The molecule has 0 aliphatic rings. The SMILES string of the molecule is CCOP(O)(=S)N(C)S(=O)(=O)CCl. The fourth-order valence-electron chi connectivity index (χ4n) is 0.477. The third-order valence-corrected chi connectivity index (χ3v) is 7.18. The summed E-state index contributed by atoms with van der Waals surface area (Å²) in [4.78, 5) is 9.44. The first-order valence-corrected chi connectivity index (χ1v) is 8.05. The highest BCUT2D eigenvalue weighted by Crippen LogP contribution is 2.47. The maximum atomic E-state index is 11.1. The van der Waals surface area contributed by atoms with Gasteiger partial charge in [0.2, 0.25) is 10.0 Å². The van der Waals surface area contributed by atoms with Crippen LogP contribution in [-0.2, 0) is 26.4 Å². The Balaban J connectivity index is 4.79. The van der Waals surface area contributed by atoms with E-state index in [4.69, 9.17) is 16.1 Å². The molecule has 0 aliphatic carbocycles. The third kappa shape index (κ3) is 3.79. The molecule has 1 unspecified atom stereocenters. The highest BCUT2D eigenvalue weighted by atomic mass is 35.5. The molecule has 0 spiro atoms. The minimum Gasteiger partial charge on any atom is -0.333 e. The summed E-state index contributed by atoms with van der Waals surface area (Å²) in [6.45, 7) is -1.67. The van der Waals surface area contributed by atoms with Crippen LogP contribution in [-0.4, -0.2) is 36.3 Å². The molecule has 0 rings (SSSR count). The van der Waals surface area contributed by atoms with Crippen molar-refractivity contribution in [2.75, 3.05) is 18.9 Å². The van der Waals surface area contributed by atoms with Crippen molar-refractivity contribution in [2.45, 2.75) is 6.92 Å². The summed E-state index contributed by atoms with van der Waals surface area (Å²) in [7, 11) is -2.56. The average molecular weight is 268 g/mol. The molecular weight excluding hydrogens is 257 g/mol. The van der Waals surface area contributed by atoms with Crippen LogP contribution in [0.25, 0.3) is 0 Å². The summed E-state index contributed by atoms with van der Waals surface area (Å²) in [6, 6.07) is 0. The second kappa shape index (κ2) is 5.02. The van der Waals surface area contributed by atoms with Gasteiger partial charge >= 0.3 is 0 Å². The molecule has 9 heteroatoms. The van der Waals surface area contributed by atoms with Gasteiger partial charge in [0, 0.05) is 7.05 Å². The highest BCUT2D eigenvalue weighted by Gasteiger charge is 2.30. The number of halogens is 1. The lowest BCUT2D eigenvalue weighted by atomic mass is 10.9. The molecule has 0 aromatic rings. The minimum atomic E-state index is -3.71. The lowest BCUT2D eigenvalue weighted by Crippen LogP contribution is -2.25. The van der Waals surface area contributed by atoms with Gasteiger partial charge in [0.1, 0.15) is 5.21 Å². The van der Waals surface area contributed by atoms with E-state index in [1.807, 2.05) is 0 Å². The van der Waals surface area contributed by atoms with Gasteiger partial charge in [0.25, 0.3) is 6.64 Å². The Labute approximate surface area is 87.9 Å². The molecule has 0 saturated carbocycles. The molecule has 0 amide bonds. The predicted octanol–water partition coefficient (Wildman–Crippen LogP) is 0.698. The number of hydrogen-bond donors (Lipinski definition) is 1. The maximum Gasteiger partial charge on any atom is 0.274 e. The first-order chi connectivity index (χ1) is 5.78. The van der Waals surface area contributed by atoms with Gasteiger partial charge in [0.15, 0.2) is 0 Å². The van der Waals surface area contributed by atoms with E-state index in [0.29, 0.717) is 4.08 Å². The fraction of sp³-hybridized carbons (Fsp3) is 1.00. The minimum absolute atomic E-state index is 0.149. The Morgan fingerprint density at radius 2 is 2.15 bits per heavy atom. The largest absolute Gasteiger partial charge is 0.333 e. The number of sulfonamides is 1. The average Bonchev–Trinajstić information content (AvgIpc) is 2.03. The van der Waals surface area contributed by atoms with E-state index in [1.54, 1.807) is 6.92 Å². The first kappa shape index (κ1) is 13.8. The van der Waals surface area contributed by atoms with Crippen molar-refractivity contribution >= 4 is 40.1 Å². The fourth-order valence-corrected chi connectivity index (χ4v) is 4.56. The predicted molar refractivity (Wildman–Crippen MR) is 55.5 cm³/mol. The van der Waals surface area contributed by atoms with Gasteiger partial charge in [-0.05, 0) is 18.7 Å². The van der Waals surface area contributed by atoms with Crippen LogP contribution in [0.3, 0.4) is 0 Å². The molecular formula is C4H11ClNO4PS2. The first-order valence-electron chi connectivity index (χ1n) is 3.28. The van der Waals surface area contributed by atoms with Crippen LogP contribution in [0.4, 0.5) is 0 Å². The van der Waals surface area contributed by atoms with Gasteiger partial charge in [-0.2, -0.15) is 0 Å². The quantitative estimate of drug-likeness (QED) is 0.587. The van der Waals surface area contributed by atoms with Gasteiger partial charge in [-0.25, -0.2) is 8.42 Å². The van der Waals surface area contributed by atoms with Crippen molar-refractivity contribution in [3.63, 3.8) is 0 Å². The zero-order valence-corrected chi connectivity index (χ0v) is 10.5. The second-order valence-electron chi connectivity index (χ2n) is 2.06. The summed E-state index contributed by atoms with van der Waals surface area (Å²) >= 11 is 9.78. The second-order valence-corrected chi connectivity index (χ2v) is 8.19. The van der Waals surface area contributed by atoms with Crippen molar-refractivity contribution < 1.29 is 17.8 Å². The van der Waals surface area contributed by atoms with Crippen LogP contribution in [0.5, 0.6) is 0 Å². The number of hydrogen-bond acceptors (Lipinski definition) is 4. The van der Waals surface area contributed by atoms with Crippen LogP contribution in [0.2, 0.25) is 0 Å². The Hall–Kier alpha value is 0.770. The van der Waals surface area contributed by atoms with E-state index >= 15 is 0 Å². The number of nitrogens with zero attached hydrogens (tertiary/aromatic N) is 1. The van der Waals surface area contributed by atoms with Crippen molar-refractivity contribution in [2.24, 2.45) is 0 Å². The van der Waals surface area contributed by atoms with E-state index < -0.39 is 21.9 Å². The molecule has 0 bridgehead atoms. The smallest absolute Gasteiger partial charge is 0.274 e. The van der Waals surface area contributed by atoms with Crippen molar-refractivity contribution in [3.8, 4) is 0 Å². The molecule has 1 N–H and O–H groups in total. The highest BCUT2D eigenvalue weighted by molar-refractivity contribution is 8.13. The van der Waals surface area contributed by atoms with Crippen LogP contribution < -0.4 is 0 Å². The summed E-state index contributed by atoms with van der Waals surface area (Å²) < 4.78 is 27.6. The Kier molecular flexibility index (Phi) is 5.32. The Morgan fingerprint density at radius 3 is 2.46 bits per heavy atom. The molecule has 0 aromatic heterocycles. The molecule has 5 nitrogen and oxygen atoms in total. The van der Waals surface area contributed by atoms with Gasteiger partial charge in [0.05, 0.1) is 6.61 Å². The molecule has 0 radical (unpaired) electrons. The van der Waals surface area contributed by atoms with Gasteiger partial charge in [-0.3, -0.25) is 0 Å². The lowest BCUT2D eigenvalue weighted by Gasteiger charge is -2.23. The van der Waals surface area contributed by atoms with E-state index in [2.05, 4.69) is 11.8 Å². The third-order valence-electron chi connectivity index (χ3n) is 1.19. The van der Waals surface area contributed by atoms with E-state index in [-0.39, 0.29) is 6.61 Å². The van der Waals surface area contributed by atoms with E-state index in [0.717, 1.165) is 7.05 Å². The summed E-state index contributed by atoms with van der Waals surface area (Å²) in [5, 5.41) is -0.629. The van der Waals surface area contributed by atoms with Crippen molar-refractivity contribution in [1.82, 2.24) is 4.08 Å². The molecule has 80 valence electrons. The van der Waals surface area contributed by atoms with E-state index in [9.17, 15) is 13.3 Å². The van der Waals surface area contributed by atoms with Crippen molar-refractivity contribution in [3.05, 3.63) is 0 Å². The van der Waals surface area contributed by atoms with Crippen LogP contribution >= 0.6 is 18.2 Å². The van der Waals surface area contributed by atoms with Gasteiger partial charge in [-0.15, -0.1) is 15.7 Å². The topological polar surface area (TPSA) is 66.8 Å². The molecule has 1 atom stereocenters. The lowest BCUT2D eigenvalue weighted by molar-refractivity contribution is 0.303. The van der Waals surface area contributed by atoms with Crippen LogP contribution in [0.1, 0.15) is 6.92 Å². The number of alkyl halides is 1. The number of rotatable bonds is 5. The normalized spacial score (nSPS) is 17.3. The Morgan fingerprint density at radius 1 is 1.69 bits per heavy atom. The standard InChI is InChI=1S/C4H11ClNO4PS2/c1-3-10-11(7,12)6(2)13(8,9)4-5/h3-4H2,1-2H3,(H,7,12). The molecule has 0 fully saturated rings. The molecule has 0 heterocycles. The zero-order chi connectivity index (χ0) is 10.7. The molecule has 0 aromatic carbocycles. The van der Waals surface area contributed by atoms with E-state index in [1.165, 1.54) is 0 Å². The van der Waals surface area contributed by atoms with Gasteiger partial charge < -0.3 is 9.42 Å². The van der Waals surface area contributed by atoms with Crippen molar-refractivity contribution in [1.29, 1.82) is 0 Å². The summed E-state index contributed by atoms with van der Waals surface area (Å²) in [5.74, 6) is 0. The summed E-state index contributed by atoms with van der Waals surface area (Å²) in [6.07, 6.45) is 0. The zero-order valence-electron chi connectivity index (χ0n) is 7.18. The summed E-state index contributed by atoms with van der Waals surface area (Å²) in [5.41, 5.74) is 0. The Bertz CT molecular complexity index is 305. The van der Waals surface area contributed by atoms with Crippen LogP contribution in [0, 0.1) is 0 Å².